The van der Waals surface area contributed by atoms with Crippen molar-refractivity contribution in [1.29, 1.82) is 0 Å². The standard InChI is InChI=1S/C28H31N3O4/c1-3-34-26-17-22(10-11-25(26)35-19-21-8-6-14-29-18-21)28(33)31-15-12-23(13-16-31)30-27(32)24-9-5-4-7-20(24)2/h4-11,14,17-18,23H,3,12-13,15-16,19H2,1-2H3,(H,30,32). The Morgan fingerprint density at radius 2 is 1.83 bits per heavy atom. The van der Waals surface area contributed by atoms with Crippen LogP contribution in [-0.4, -0.2) is 47.4 Å². The van der Waals surface area contributed by atoms with Gasteiger partial charge in [0.25, 0.3) is 11.8 Å². The van der Waals surface area contributed by atoms with E-state index in [-0.39, 0.29) is 17.9 Å². The second-order valence-electron chi connectivity index (χ2n) is 8.60. The van der Waals surface area contributed by atoms with Gasteiger partial charge in [-0.05, 0) is 62.6 Å². The molecule has 1 aliphatic rings. The molecule has 1 aromatic heterocycles. The summed E-state index contributed by atoms with van der Waals surface area (Å²) in [7, 11) is 0. The van der Waals surface area contributed by atoms with Gasteiger partial charge in [0.05, 0.1) is 6.61 Å². The van der Waals surface area contributed by atoms with Gasteiger partial charge in [0, 0.05) is 48.2 Å². The van der Waals surface area contributed by atoms with E-state index in [1.165, 1.54) is 0 Å². The molecule has 0 saturated carbocycles. The minimum absolute atomic E-state index is 0.0477. The zero-order valence-corrected chi connectivity index (χ0v) is 20.2. The number of hydrogen-bond donors (Lipinski definition) is 1. The number of aromatic nitrogens is 1. The van der Waals surface area contributed by atoms with Crippen LogP contribution in [0.1, 0.15) is 51.6 Å². The molecule has 0 unspecified atom stereocenters. The molecule has 1 N–H and O–H groups in total. The first kappa shape index (κ1) is 24.3. The molecule has 2 amide bonds. The first-order valence-corrected chi connectivity index (χ1v) is 12.0. The van der Waals surface area contributed by atoms with E-state index in [9.17, 15) is 9.59 Å². The van der Waals surface area contributed by atoms with Gasteiger partial charge in [-0.3, -0.25) is 14.6 Å². The number of piperidine rings is 1. The molecule has 0 aliphatic carbocycles. The summed E-state index contributed by atoms with van der Waals surface area (Å²) in [4.78, 5) is 31.7. The van der Waals surface area contributed by atoms with Crippen molar-refractivity contribution in [3.05, 3.63) is 89.2 Å². The van der Waals surface area contributed by atoms with Crippen LogP contribution in [0, 0.1) is 6.92 Å². The Kier molecular flexibility index (Phi) is 7.98. The summed E-state index contributed by atoms with van der Waals surface area (Å²) in [5.74, 6) is 1.03. The molecule has 0 spiro atoms. The fraction of sp³-hybridized carbons (Fsp3) is 0.321. The van der Waals surface area contributed by atoms with E-state index in [0.29, 0.717) is 61.8 Å². The van der Waals surface area contributed by atoms with Crippen LogP contribution in [-0.2, 0) is 6.61 Å². The van der Waals surface area contributed by atoms with Crippen molar-refractivity contribution in [3.63, 3.8) is 0 Å². The van der Waals surface area contributed by atoms with Gasteiger partial charge in [0.1, 0.15) is 6.61 Å². The molecule has 7 heteroatoms. The summed E-state index contributed by atoms with van der Waals surface area (Å²) in [6.45, 7) is 5.83. The molecule has 1 saturated heterocycles. The smallest absolute Gasteiger partial charge is 0.253 e. The van der Waals surface area contributed by atoms with E-state index in [1.54, 1.807) is 30.6 Å². The lowest BCUT2D eigenvalue weighted by Gasteiger charge is -2.32. The highest BCUT2D eigenvalue weighted by Crippen LogP contribution is 2.30. The highest BCUT2D eigenvalue weighted by atomic mass is 16.5. The molecule has 0 radical (unpaired) electrons. The number of nitrogens with one attached hydrogen (secondary N) is 1. The zero-order valence-electron chi connectivity index (χ0n) is 20.2. The number of amides is 2. The number of pyridine rings is 1. The molecule has 3 aromatic rings. The zero-order chi connectivity index (χ0) is 24.6. The van der Waals surface area contributed by atoms with Crippen LogP contribution < -0.4 is 14.8 Å². The summed E-state index contributed by atoms with van der Waals surface area (Å²) >= 11 is 0. The number of hydrogen-bond acceptors (Lipinski definition) is 5. The Hall–Kier alpha value is -3.87. The second kappa shape index (κ2) is 11.5. The van der Waals surface area contributed by atoms with Gasteiger partial charge >= 0.3 is 0 Å². The normalized spacial score (nSPS) is 13.8. The fourth-order valence-corrected chi connectivity index (χ4v) is 4.17. The minimum atomic E-state index is -0.0592. The van der Waals surface area contributed by atoms with Gasteiger partial charge in [-0.2, -0.15) is 0 Å². The molecule has 1 fully saturated rings. The summed E-state index contributed by atoms with van der Waals surface area (Å²) in [6.07, 6.45) is 4.91. The van der Waals surface area contributed by atoms with E-state index in [1.807, 2.05) is 55.1 Å². The van der Waals surface area contributed by atoms with Crippen molar-refractivity contribution in [2.45, 2.75) is 39.3 Å². The Morgan fingerprint density at radius 1 is 1.03 bits per heavy atom. The highest BCUT2D eigenvalue weighted by Gasteiger charge is 2.26. The predicted octanol–water partition coefficient (Wildman–Crippen LogP) is 4.40. The molecular weight excluding hydrogens is 442 g/mol. The van der Waals surface area contributed by atoms with Crippen molar-refractivity contribution in [2.24, 2.45) is 0 Å². The molecule has 1 aliphatic heterocycles. The third-order valence-corrected chi connectivity index (χ3v) is 6.11. The summed E-state index contributed by atoms with van der Waals surface area (Å²) in [5, 5.41) is 3.12. The number of aryl methyl sites for hydroxylation is 1. The number of rotatable bonds is 8. The Morgan fingerprint density at radius 3 is 2.54 bits per heavy atom. The average Bonchev–Trinajstić information content (AvgIpc) is 2.89. The molecule has 2 heterocycles. The molecule has 2 aromatic carbocycles. The molecule has 0 atom stereocenters. The van der Waals surface area contributed by atoms with Gasteiger partial charge in [-0.25, -0.2) is 0 Å². The fourth-order valence-electron chi connectivity index (χ4n) is 4.17. The van der Waals surface area contributed by atoms with Crippen LogP contribution in [0.2, 0.25) is 0 Å². The van der Waals surface area contributed by atoms with Crippen molar-refractivity contribution < 1.29 is 19.1 Å². The Balaban J connectivity index is 1.35. The largest absolute Gasteiger partial charge is 0.490 e. The van der Waals surface area contributed by atoms with Gasteiger partial charge in [-0.15, -0.1) is 0 Å². The van der Waals surface area contributed by atoms with Gasteiger partial charge in [0.2, 0.25) is 0 Å². The predicted molar refractivity (Wildman–Crippen MR) is 134 cm³/mol. The van der Waals surface area contributed by atoms with Crippen LogP contribution in [0.4, 0.5) is 0 Å². The lowest BCUT2D eigenvalue weighted by Crippen LogP contribution is -2.46. The third kappa shape index (κ3) is 6.18. The molecule has 0 bridgehead atoms. The first-order chi connectivity index (χ1) is 17.0. The average molecular weight is 474 g/mol. The minimum Gasteiger partial charge on any atom is -0.490 e. The van der Waals surface area contributed by atoms with Gasteiger partial charge in [0.15, 0.2) is 11.5 Å². The van der Waals surface area contributed by atoms with E-state index in [4.69, 9.17) is 9.47 Å². The Bertz CT molecular complexity index is 1160. The van der Waals surface area contributed by atoms with E-state index >= 15 is 0 Å². The quantitative estimate of drug-likeness (QED) is 0.524. The number of nitrogens with zero attached hydrogens (tertiary/aromatic N) is 2. The Labute approximate surface area is 206 Å². The maximum absolute atomic E-state index is 13.2. The van der Waals surface area contributed by atoms with E-state index in [0.717, 1.165) is 11.1 Å². The van der Waals surface area contributed by atoms with Crippen LogP contribution in [0.3, 0.4) is 0 Å². The van der Waals surface area contributed by atoms with Gasteiger partial charge < -0.3 is 19.7 Å². The number of ether oxygens (including phenoxy) is 2. The molecular formula is C28H31N3O4. The van der Waals surface area contributed by atoms with Crippen molar-refractivity contribution in [1.82, 2.24) is 15.2 Å². The molecule has 182 valence electrons. The maximum atomic E-state index is 13.2. The maximum Gasteiger partial charge on any atom is 0.253 e. The van der Waals surface area contributed by atoms with Crippen molar-refractivity contribution >= 4 is 11.8 Å². The number of likely N-dealkylation sites (tertiary alicyclic amines) is 1. The van der Waals surface area contributed by atoms with E-state index < -0.39 is 0 Å². The van der Waals surface area contributed by atoms with Gasteiger partial charge in [-0.1, -0.05) is 24.3 Å². The number of carbonyl (C=O) groups excluding carboxylic acids is 2. The number of benzene rings is 2. The lowest BCUT2D eigenvalue weighted by atomic mass is 10.0. The third-order valence-electron chi connectivity index (χ3n) is 6.11. The SMILES string of the molecule is CCOc1cc(C(=O)N2CCC(NC(=O)c3ccccc3C)CC2)ccc1OCc1cccnc1. The summed E-state index contributed by atoms with van der Waals surface area (Å²) < 4.78 is 11.7. The monoisotopic (exact) mass is 473 g/mol. The summed E-state index contributed by atoms with van der Waals surface area (Å²) in [5.41, 5.74) is 3.16. The van der Waals surface area contributed by atoms with Crippen molar-refractivity contribution in [2.75, 3.05) is 19.7 Å². The highest BCUT2D eigenvalue weighted by molar-refractivity contribution is 5.96. The van der Waals surface area contributed by atoms with Crippen LogP contribution in [0.15, 0.2) is 67.0 Å². The second-order valence-corrected chi connectivity index (χ2v) is 8.60. The molecule has 7 nitrogen and oxygen atoms in total. The lowest BCUT2D eigenvalue weighted by molar-refractivity contribution is 0.0697. The first-order valence-electron chi connectivity index (χ1n) is 12.0. The van der Waals surface area contributed by atoms with Crippen molar-refractivity contribution in [3.8, 4) is 11.5 Å². The van der Waals surface area contributed by atoms with Crippen LogP contribution in [0.25, 0.3) is 0 Å². The van der Waals surface area contributed by atoms with E-state index in [2.05, 4.69) is 10.3 Å². The topological polar surface area (TPSA) is 80.8 Å². The van der Waals surface area contributed by atoms with Crippen LogP contribution >= 0.6 is 0 Å². The summed E-state index contributed by atoms with van der Waals surface area (Å²) in [6, 6.07) is 16.7. The van der Waals surface area contributed by atoms with Crippen LogP contribution in [0.5, 0.6) is 11.5 Å². The molecule has 4 rings (SSSR count). The molecule has 35 heavy (non-hydrogen) atoms. The number of carbonyl (C=O) groups is 2.